The molecule has 1 aliphatic rings. The van der Waals surface area contributed by atoms with Gasteiger partial charge < -0.3 is 14.7 Å². The molecule has 1 aromatic carbocycles. The maximum absolute atomic E-state index is 11.5. The third-order valence-corrected chi connectivity index (χ3v) is 4.04. The molecule has 2 rings (SSSR count). The van der Waals surface area contributed by atoms with Crippen LogP contribution in [0.2, 0.25) is 0 Å². The standard InChI is InChI=1S/C13H21N3O2.C7H5F3O/c1-5-10(3)16-8-14-7-12(13(17)18)6-9(2)15-11(16)4;8-7(9,10)11-6-4-2-1-3-5-6/h6-7,9-10H,5,8H2,1-4H3,(H,17,18);1-5H/b12-6+,14-7-,15-11?;. The number of carbonyl (C=O) groups is 1. The number of amidine groups is 1. The van der Waals surface area contributed by atoms with Crippen molar-refractivity contribution in [1.82, 2.24) is 4.90 Å². The molecule has 6 nitrogen and oxygen atoms in total. The molecule has 29 heavy (non-hydrogen) atoms. The average Bonchev–Trinajstić information content (AvgIpc) is 2.69. The molecule has 0 saturated carbocycles. The van der Waals surface area contributed by atoms with Crippen LogP contribution >= 0.6 is 0 Å². The minimum Gasteiger partial charge on any atom is -0.478 e. The highest BCUT2D eigenvalue weighted by molar-refractivity contribution is 6.08. The molecule has 2 atom stereocenters. The molecule has 0 fully saturated rings. The van der Waals surface area contributed by atoms with Gasteiger partial charge in [-0.25, -0.2) is 4.79 Å². The van der Waals surface area contributed by atoms with Crippen LogP contribution in [0.3, 0.4) is 0 Å². The number of ether oxygens (including phenoxy) is 1. The molecule has 0 aromatic heterocycles. The van der Waals surface area contributed by atoms with E-state index >= 15 is 0 Å². The highest BCUT2D eigenvalue weighted by Gasteiger charge is 2.30. The lowest BCUT2D eigenvalue weighted by Crippen LogP contribution is -2.37. The Balaban J connectivity index is 0.000000326. The number of halogens is 3. The fraction of sp³-hybridized carbons (Fsp3) is 0.450. The van der Waals surface area contributed by atoms with Crippen molar-refractivity contribution >= 4 is 18.0 Å². The van der Waals surface area contributed by atoms with Crippen LogP contribution in [-0.2, 0) is 4.79 Å². The molecular formula is C20H26F3N3O3. The molecule has 9 heteroatoms. The number of alkyl halides is 3. The average molecular weight is 413 g/mol. The summed E-state index contributed by atoms with van der Waals surface area (Å²) in [4.78, 5) is 21.8. The van der Waals surface area contributed by atoms with E-state index in [0.717, 1.165) is 12.3 Å². The second-order valence-corrected chi connectivity index (χ2v) is 6.39. The summed E-state index contributed by atoms with van der Waals surface area (Å²) in [5.74, 6) is -0.257. The third kappa shape index (κ3) is 9.27. The minimum atomic E-state index is -4.60. The lowest BCUT2D eigenvalue weighted by Gasteiger charge is -2.28. The van der Waals surface area contributed by atoms with E-state index in [0.29, 0.717) is 12.7 Å². The SMILES string of the molecule is CCC(C)N1C/N=C\C(C(=O)O)=C/C(C)N=C1C.FC(F)(F)Oc1ccccc1. The fourth-order valence-corrected chi connectivity index (χ4v) is 2.47. The Kier molecular flexibility index (Phi) is 9.37. The highest BCUT2D eigenvalue weighted by atomic mass is 19.4. The van der Waals surface area contributed by atoms with Gasteiger partial charge in [-0.2, -0.15) is 0 Å². The van der Waals surface area contributed by atoms with Crippen molar-refractivity contribution in [2.75, 3.05) is 6.67 Å². The van der Waals surface area contributed by atoms with Gasteiger partial charge in [-0.1, -0.05) is 25.1 Å². The topological polar surface area (TPSA) is 74.5 Å². The maximum Gasteiger partial charge on any atom is 0.573 e. The molecule has 0 saturated heterocycles. The smallest absolute Gasteiger partial charge is 0.478 e. The van der Waals surface area contributed by atoms with Gasteiger partial charge in [-0.05, 0) is 45.4 Å². The van der Waals surface area contributed by atoms with E-state index in [1.54, 1.807) is 12.1 Å². The third-order valence-electron chi connectivity index (χ3n) is 4.04. The van der Waals surface area contributed by atoms with Gasteiger partial charge in [0.15, 0.2) is 0 Å². The largest absolute Gasteiger partial charge is 0.573 e. The molecule has 1 aliphatic heterocycles. The Morgan fingerprint density at radius 2 is 1.97 bits per heavy atom. The van der Waals surface area contributed by atoms with E-state index in [1.165, 1.54) is 30.5 Å². The van der Waals surface area contributed by atoms with Crippen LogP contribution in [0.1, 0.15) is 34.1 Å². The summed E-state index contributed by atoms with van der Waals surface area (Å²) in [6.07, 6.45) is -0.560. The number of para-hydroxylation sites is 1. The summed E-state index contributed by atoms with van der Waals surface area (Å²) in [5.41, 5.74) is 0.199. The van der Waals surface area contributed by atoms with Crippen molar-refractivity contribution < 1.29 is 27.8 Å². The van der Waals surface area contributed by atoms with Crippen molar-refractivity contribution in [1.29, 1.82) is 0 Å². The molecule has 1 heterocycles. The first-order valence-electron chi connectivity index (χ1n) is 9.10. The monoisotopic (exact) mass is 413 g/mol. The highest BCUT2D eigenvalue weighted by Crippen LogP contribution is 2.21. The van der Waals surface area contributed by atoms with Crippen molar-refractivity contribution in [2.24, 2.45) is 9.98 Å². The summed E-state index contributed by atoms with van der Waals surface area (Å²) in [6, 6.07) is 7.23. The first kappa shape index (κ1) is 24.2. The van der Waals surface area contributed by atoms with Gasteiger partial charge in [0.1, 0.15) is 12.4 Å². The second kappa shape index (κ2) is 11.2. The Bertz CT molecular complexity index is 746. The number of benzene rings is 1. The Hall–Kier alpha value is -2.84. The number of carboxylic acid groups (broad SMARTS) is 1. The first-order chi connectivity index (χ1) is 13.5. The van der Waals surface area contributed by atoms with E-state index in [-0.39, 0.29) is 17.4 Å². The quantitative estimate of drug-likeness (QED) is 0.787. The first-order valence-corrected chi connectivity index (χ1v) is 9.10. The van der Waals surface area contributed by atoms with E-state index in [2.05, 4.69) is 33.5 Å². The van der Waals surface area contributed by atoms with Crippen molar-refractivity contribution in [2.45, 2.75) is 52.6 Å². The second-order valence-electron chi connectivity index (χ2n) is 6.39. The maximum atomic E-state index is 11.5. The zero-order valence-corrected chi connectivity index (χ0v) is 16.8. The van der Waals surface area contributed by atoms with Crippen LogP contribution in [0.25, 0.3) is 0 Å². The Labute approximate surface area is 168 Å². The van der Waals surface area contributed by atoms with Gasteiger partial charge in [-0.15, -0.1) is 13.2 Å². The van der Waals surface area contributed by atoms with Crippen LogP contribution in [0, 0.1) is 0 Å². The van der Waals surface area contributed by atoms with Crippen LogP contribution < -0.4 is 4.74 Å². The molecule has 0 amide bonds. The van der Waals surface area contributed by atoms with Gasteiger partial charge in [0.05, 0.1) is 17.5 Å². The number of aliphatic imine (C=N–C) groups is 2. The predicted molar refractivity (Wildman–Crippen MR) is 106 cm³/mol. The van der Waals surface area contributed by atoms with Gasteiger partial charge in [0.2, 0.25) is 0 Å². The van der Waals surface area contributed by atoms with Crippen molar-refractivity contribution in [3.63, 3.8) is 0 Å². The van der Waals surface area contributed by atoms with Crippen LogP contribution in [0.4, 0.5) is 13.2 Å². The number of hydrogen-bond acceptors (Lipinski definition) is 5. The van der Waals surface area contributed by atoms with Crippen LogP contribution in [0.5, 0.6) is 5.75 Å². The Morgan fingerprint density at radius 1 is 1.34 bits per heavy atom. The molecule has 0 aliphatic carbocycles. The molecule has 2 unspecified atom stereocenters. The van der Waals surface area contributed by atoms with E-state index in [1.807, 2.05) is 13.8 Å². The van der Waals surface area contributed by atoms with Gasteiger partial charge >= 0.3 is 12.3 Å². The number of hydrogen-bond donors (Lipinski definition) is 1. The van der Waals surface area contributed by atoms with Gasteiger partial charge in [0.25, 0.3) is 0 Å². The van der Waals surface area contributed by atoms with E-state index in [4.69, 9.17) is 5.11 Å². The summed E-state index contributed by atoms with van der Waals surface area (Å²) in [6.45, 7) is 8.49. The number of nitrogens with zero attached hydrogens (tertiary/aromatic N) is 3. The van der Waals surface area contributed by atoms with Crippen molar-refractivity contribution in [3.8, 4) is 5.75 Å². The fourth-order valence-electron chi connectivity index (χ4n) is 2.47. The van der Waals surface area contributed by atoms with Gasteiger partial charge in [-0.3, -0.25) is 9.98 Å². The predicted octanol–water partition coefficient (Wildman–Crippen LogP) is 4.53. The summed E-state index contributed by atoms with van der Waals surface area (Å²) in [7, 11) is 0. The molecule has 0 spiro atoms. The summed E-state index contributed by atoms with van der Waals surface area (Å²) < 4.78 is 38.2. The molecular weight excluding hydrogens is 387 g/mol. The zero-order chi connectivity index (χ0) is 22.0. The molecule has 0 bridgehead atoms. The lowest BCUT2D eigenvalue weighted by molar-refractivity contribution is -0.274. The van der Waals surface area contributed by atoms with E-state index in [9.17, 15) is 18.0 Å². The summed E-state index contributed by atoms with van der Waals surface area (Å²) in [5, 5.41) is 9.03. The molecule has 1 aromatic rings. The molecule has 160 valence electrons. The van der Waals surface area contributed by atoms with Crippen LogP contribution in [-0.4, -0.2) is 53.1 Å². The zero-order valence-electron chi connectivity index (χ0n) is 16.8. The minimum absolute atomic E-state index is 0.160. The lowest BCUT2D eigenvalue weighted by atomic mass is 10.2. The number of carboxylic acids is 1. The molecule has 1 N–H and O–H groups in total. The van der Waals surface area contributed by atoms with Gasteiger partial charge in [0, 0.05) is 12.3 Å². The normalized spacial score (nSPS) is 21.1. The number of aliphatic carboxylic acids is 1. The molecule has 0 radical (unpaired) electrons. The van der Waals surface area contributed by atoms with Crippen molar-refractivity contribution in [3.05, 3.63) is 42.0 Å². The van der Waals surface area contributed by atoms with E-state index < -0.39 is 12.3 Å². The number of rotatable bonds is 4. The summed E-state index contributed by atoms with van der Waals surface area (Å²) >= 11 is 0. The van der Waals surface area contributed by atoms with Crippen LogP contribution in [0.15, 0.2) is 52.0 Å². The Morgan fingerprint density at radius 3 is 2.48 bits per heavy atom.